The number of carbonyl (C=O) groups excluding carboxylic acids is 1. The minimum absolute atomic E-state index is 0.0966. The van der Waals surface area contributed by atoms with Crippen molar-refractivity contribution in [3.8, 4) is 0 Å². The van der Waals surface area contributed by atoms with E-state index in [4.69, 9.17) is 0 Å². The largest absolute Gasteiger partial charge is 0.393 e. The van der Waals surface area contributed by atoms with Crippen LogP contribution in [0.25, 0.3) is 0 Å². The molecule has 6 heteroatoms. The van der Waals surface area contributed by atoms with Crippen LogP contribution in [0.5, 0.6) is 0 Å². The molecule has 1 aromatic heterocycles. The van der Waals surface area contributed by atoms with Crippen molar-refractivity contribution in [1.82, 2.24) is 14.9 Å². The zero-order valence-electron chi connectivity index (χ0n) is 10.7. The number of likely N-dealkylation sites (tertiary alicyclic amines) is 1. The fraction of sp³-hybridized carbons (Fsp3) is 0.615. The molecule has 2 heterocycles. The Morgan fingerprint density at radius 2 is 2.16 bits per heavy atom. The maximum atomic E-state index is 11.9. The van der Waals surface area contributed by atoms with Crippen molar-refractivity contribution in [2.24, 2.45) is 11.8 Å². The van der Waals surface area contributed by atoms with E-state index in [1.54, 1.807) is 18.5 Å². The van der Waals surface area contributed by atoms with Gasteiger partial charge in [0.1, 0.15) is 0 Å². The average molecular weight is 262 g/mol. The molecule has 0 bridgehead atoms. The first-order valence-electron chi connectivity index (χ1n) is 6.69. The Bertz CT molecular complexity index is 453. The van der Waals surface area contributed by atoms with Crippen LogP contribution >= 0.6 is 0 Å². The molecule has 0 spiro atoms. The monoisotopic (exact) mass is 262 g/mol. The molecule has 2 N–H and O–H groups in total. The Balaban J connectivity index is 1.51. The number of fused-ring (bicyclic) bond motifs is 1. The summed E-state index contributed by atoms with van der Waals surface area (Å²) in [6, 6.07) is 1.71. The lowest BCUT2D eigenvalue weighted by molar-refractivity contribution is -0.117. The second kappa shape index (κ2) is 5.22. The number of rotatable bonds is 3. The number of anilines is 1. The molecule has 2 fully saturated rings. The summed E-state index contributed by atoms with van der Waals surface area (Å²) >= 11 is 0. The van der Waals surface area contributed by atoms with E-state index in [-0.39, 0.29) is 12.0 Å². The molecule has 102 valence electrons. The number of hydrogen-bond donors (Lipinski definition) is 2. The van der Waals surface area contributed by atoms with Crippen molar-refractivity contribution in [2.45, 2.75) is 18.9 Å². The van der Waals surface area contributed by atoms with Crippen molar-refractivity contribution in [3.63, 3.8) is 0 Å². The predicted octanol–water partition coefficient (Wildman–Crippen LogP) is 0.118. The van der Waals surface area contributed by atoms with E-state index < -0.39 is 0 Å². The zero-order valence-corrected chi connectivity index (χ0v) is 10.7. The summed E-state index contributed by atoms with van der Waals surface area (Å²) in [6.45, 7) is 2.07. The molecule has 1 aromatic rings. The van der Waals surface area contributed by atoms with Gasteiger partial charge in [0.25, 0.3) is 0 Å². The van der Waals surface area contributed by atoms with Crippen molar-refractivity contribution >= 4 is 11.9 Å². The minimum Gasteiger partial charge on any atom is -0.393 e. The van der Waals surface area contributed by atoms with Crippen molar-refractivity contribution in [1.29, 1.82) is 0 Å². The highest BCUT2D eigenvalue weighted by Crippen LogP contribution is 2.37. The Hall–Kier alpha value is -1.53. The normalized spacial score (nSPS) is 30.3. The first-order chi connectivity index (χ1) is 9.22. The number of nitrogens with zero attached hydrogens (tertiary/aromatic N) is 3. The quantitative estimate of drug-likeness (QED) is 0.809. The van der Waals surface area contributed by atoms with Gasteiger partial charge in [0.15, 0.2) is 0 Å². The van der Waals surface area contributed by atoms with Crippen LogP contribution in [-0.4, -0.2) is 51.6 Å². The van der Waals surface area contributed by atoms with Gasteiger partial charge >= 0.3 is 0 Å². The van der Waals surface area contributed by atoms with Crippen LogP contribution < -0.4 is 5.32 Å². The van der Waals surface area contributed by atoms with Crippen LogP contribution in [0.2, 0.25) is 0 Å². The molecule has 2 aliphatic rings. The smallest absolute Gasteiger partial charge is 0.240 e. The molecule has 3 atom stereocenters. The van der Waals surface area contributed by atoms with Gasteiger partial charge in [0.2, 0.25) is 11.9 Å². The number of hydrogen-bond acceptors (Lipinski definition) is 5. The zero-order chi connectivity index (χ0) is 13.2. The molecule has 1 saturated carbocycles. The van der Waals surface area contributed by atoms with E-state index >= 15 is 0 Å². The van der Waals surface area contributed by atoms with Gasteiger partial charge in [0.05, 0.1) is 12.6 Å². The van der Waals surface area contributed by atoms with Gasteiger partial charge in [-0.25, -0.2) is 9.97 Å². The van der Waals surface area contributed by atoms with Crippen molar-refractivity contribution < 1.29 is 9.90 Å². The molecule has 3 unspecified atom stereocenters. The number of aliphatic hydroxyl groups excluding tert-OH is 1. The number of aliphatic hydroxyl groups is 1. The van der Waals surface area contributed by atoms with E-state index in [1.165, 1.54) is 0 Å². The summed E-state index contributed by atoms with van der Waals surface area (Å²) in [5.74, 6) is 1.14. The Morgan fingerprint density at radius 3 is 2.89 bits per heavy atom. The molecular formula is C13H18N4O2. The molecular weight excluding hydrogens is 244 g/mol. The SMILES string of the molecule is O=C(CN1CC2CCC(O)C2C1)Nc1ncccn1. The van der Waals surface area contributed by atoms with Crippen LogP contribution in [0.4, 0.5) is 5.95 Å². The summed E-state index contributed by atoms with van der Waals surface area (Å²) < 4.78 is 0. The van der Waals surface area contributed by atoms with Crippen LogP contribution in [0.1, 0.15) is 12.8 Å². The van der Waals surface area contributed by atoms with E-state index in [9.17, 15) is 9.90 Å². The average Bonchev–Trinajstić information content (AvgIpc) is 2.93. The third-order valence-corrected chi connectivity index (χ3v) is 4.08. The molecule has 3 rings (SSSR count). The van der Waals surface area contributed by atoms with Crippen molar-refractivity contribution in [2.75, 3.05) is 25.0 Å². The molecule has 0 radical (unpaired) electrons. The highest BCUT2D eigenvalue weighted by molar-refractivity contribution is 5.90. The molecule has 1 aliphatic carbocycles. The lowest BCUT2D eigenvalue weighted by Gasteiger charge is -2.17. The Labute approximate surface area is 111 Å². The van der Waals surface area contributed by atoms with Crippen LogP contribution in [0.15, 0.2) is 18.5 Å². The number of nitrogens with one attached hydrogen (secondary N) is 1. The Morgan fingerprint density at radius 1 is 1.37 bits per heavy atom. The fourth-order valence-corrected chi connectivity index (χ4v) is 3.19. The molecule has 0 aromatic carbocycles. The van der Waals surface area contributed by atoms with Gasteiger partial charge in [-0.1, -0.05) is 0 Å². The topological polar surface area (TPSA) is 78.4 Å². The standard InChI is InChI=1S/C13H18N4O2/c18-11-3-2-9-6-17(7-10(9)11)8-12(19)16-13-14-4-1-5-15-13/h1,4-5,9-11,18H,2-3,6-8H2,(H,14,15,16,19). The Kier molecular flexibility index (Phi) is 3.44. The van der Waals surface area contributed by atoms with Gasteiger partial charge in [-0.05, 0) is 24.8 Å². The third kappa shape index (κ3) is 2.74. The van der Waals surface area contributed by atoms with E-state index in [0.717, 1.165) is 25.9 Å². The summed E-state index contributed by atoms with van der Waals surface area (Å²) in [5, 5.41) is 12.5. The third-order valence-electron chi connectivity index (χ3n) is 4.08. The van der Waals surface area contributed by atoms with Gasteiger partial charge in [-0.3, -0.25) is 15.0 Å². The van der Waals surface area contributed by atoms with Crippen LogP contribution in [0, 0.1) is 11.8 Å². The number of aromatic nitrogens is 2. The van der Waals surface area contributed by atoms with E-state index in [0.29, 0.717) is 24.3 Å². The second-order valence-electron chi connectivity index (χ2n) is 5.38. The predicted molar refractivity (Wildman–Crippen MR) is 69.3 cm³/mol. The maximum Gasteiger partial charge on any atom is 0.240 e. The fourth-order valence-electron chi connectivity index (χ4n) is 3.19. The van der Waals surface area contributed by atoms with Crippen LogP contribution in [0.3, 0.4) is 0 Å². The summed E-state index contributed by atoms with van der Waals surface area (Å²) in [4.78, 5) is 21.9. The van der Waals surface area contributed by atoms with Gasteiger partial charge in [0, 0.05) is 31.4 Å². The summed E-state index contributed by atoms with van der Waals surface area (Å²) in [5.41, 5.74) is 0. The number of amides is 1. The minimum atomic E-state index is -0.185. The van der Waals surface area contributed by atoms with E-state index in [1.807, 2.05) is 0 Å². The van der Waals surface area contributed by atoms with E-state index in [2.05, 4.69) is 20.2 Å². The second-order valence-corrected chi connectivity index (χ2v) is 5.38. The molecule has 1 amide bonds. The maximum absolute atomic E-state index is 11.9. The molecule has 1 saturated heterocycles. The molecule has 19 heavy (non-hydrogen) atoms. The highest BCUT2D eigenvalue weighted by atomic mass is 16.3. The lowest BCUT2D eigenvalue weighted by Crippen LogP contribution is -2.33. The molecule has 1 aliphatic heterocycles. The summed E-state index contributed by atoms with van der Waals surface area (Å²) in [7, 11) is 0. The first-order valence-corrected chi connectivity index (χ1v) is 6.69. The summed E-state index contributed by atoms with van der Waals surface area (Å²) in [6.07, 6.45) is 4.99. The molecule has 6 nitrogen and oxygen atoms in total. The van der Waals surface area contributed by atoms with Crippen LogP contribution in [-0.2, 0) is 4.79 Å². The van der Waals surface area contributed by atoms with Gasteiger partial charge in [-0.15, -0.1) is 0 Å². The number of carbonyl (C=O) groups is 1. The van der Waals surface area contributed by atoms with Crippen molar-refractivity contribution in [3.05, 3.63) is 18.5 Å². The highest BCUT2D eigenvalue weighted by Gasteiger charge is 2.41. The van der Waals surface area contributed by atoms with Gasteiger partial charge < -0.3 is 5.11 Å². The lowest BCUT2D eigenvalue weighted by atomic mass is 10.00. The first kappa shape index (κ1) is 12.5. The van der Waals surface area contributed by atoms with Gasteiger partial charge in [-0.2, -0.15) is 0 Å².